The van der Waals surface area contributed by atoms with E-state index in [1.165, 1.54) is 34.1 Å². The maximum absolute atomic E-state index is 15.0. The number of carbonyl (C=O) groups excluding carboxylic acids is 3. The summed E-state index contributed by atoms with van der Waals surface area (Å²) in [6.07, 6.45) is 5.67. The molecule has 3 heterocycles. The molecule has 0 fully saturated rings. The highest BCUT2D eigenvalue weighted by Gasteiger charge is 2.49. The van der Waals surface area contributed by atoms with Crippen LogP contribution in [-0.4, -0.2) is 96.2 Å². The van der Waals surface area contributed by atoms with Gasteiger partial charge >= 0.3 is 11.8 Å². The lowest BCUT2D eigenvalue weighted by atomic mass is 9.73. The highest BCUT2D eigenvalue weighted by atomic mass is 16.7. The number of ether oxygens (including phenoxy) is 6. The van der Waals surface area contributed by atoms with Crippen molar-refractivity contribution in [3.63, 3.8) is 0 Å². The van der Waals surface area contributed by atoms with Gasteiger partial charge in [0.2, 0.25) is 0 Å². The molecule has 4 aromatic carbocycles. The summed E-state index contributed by atoms with van der Waals surface area (Å²) in [5, 5.41) is 26.3. The number of nitrogens with one attached hydrogen (secondary N) is 1. The number of benzene rings is 4. The number of phenolic OH excluding ortho intramolecular Hbond substituents is 1. The largest absolute Gasteiger partial charge is 0.505 e. The van der Waals surface area contributed by atoms with Crippen molar-refractivity contribution in [2.75, 3.05) is 39.7 Å². The topological polar surface area (TPSA) is 205 Å². The van der Waals surface area contributed by atoms with Crippen LogP contribution in [-0.2, 0) is 30.4 Å². The zero-order chi connectivity index (χ0) is 51.6. The lowest BCUT2D eigenvalue weighted by Crippen LogP contribution is -2.43. The number of Topliss-reactive ketones (excluding diaryl/α,β-unsaturated/α-hetero) is 1. The van der Waals surface area contributed by atoms with Crippen molar-refractivity contribution in [2.24, 2.45) is 29.6 Å². The number of hydrogen-bond acceptors (Lipinski definition) is 15. The van der Waals surface area contributed by atoms with Crippen LogP contribution in [0.5, 0.6) is 23.0 Å². The summed E-state index contributed by atoms with van der Waals surface area (Å²) in [4.78, 5) is 63.4. The number of aromatic hydroxyl groups is 1. The molecule has 4 bridgehead atoms. The summed E-state index contributed by atoms with van der Waals surface area (Å²) in [7, 11) is 5.35. The summed E-state index contributed by atoms with van der Waals surface area (Å²) >= 11 is 0. The fourth-order valence-corrected chi connectivity index (χ4v) is 9.34. The number of aliphatic hydroxyl groups excluding tert-OH is 1. The van der Waals surface area contributed by atoms with E-state index in [0.717, 1.165) is 5.56 Å². The first-order chi connectivity index (χ1) is 33.7. The van der Waals surface area contributed by atoms with Crippen molar-refractivity contribution in [3.05, 3.63) is 106 Å². The van der Waals surface area contributed by atoms with Gasteiger partial charge in [-0.15, -0.1) is 0 Å². The van der Waals surface area contributed by atoms with Gasteiger partial charge < -0.3 is 53.3 Å². The Balaban J connectivity index is 1.48. The van der Waals surface area contributed by atoms with E-state index in [0.29, 0.717) is 18.9 Å². The second-order valence-electron chi connectivity index (χ2n) is 19.3. The number of esters is 1. The van der Waals surface area contributed by atoms with Crippen LogP contribution in [0, 0.1) is 36.5 Å². The highest BCUT2D eigenvalue weighted by Crippen LogP contribution is 2.49. The number of aliphatic hydroxyl groups is 1. The van der Waals surface area contributed by atoms with Gasteiger partial charge in [0, 0.05) is 68.0 Å². The van der Waals surface area contributed by atoms with Crippen LogP contribution >= 0.6 is 0 Å². The lowest BCUT2D eigenvalue weighted by Gasteiger charge is -2.39. The number of anilines is 1. The standard InChI is InChI=1S/C55H65N3O13/c1-28-17-16-18-29(2)54(64)57-46-49(62)42-41(45-52(46)70-40-26-37(66-24-22-58(10)11)25-39(44(40)56-45)67-27-36-19-14-13-15-20-36)43-51(34(7)48(42)61)71-55(9,53(43)63)68-23-21-38(65-12)33(6)50(69-35(8)59)32(5)30(3)31(4)47(28)60/h13-21,23,25-26,28,30-33,38,47,50,60,62H,22,24,27H2,1-12H3,(H,57,64)/b17-16+,23-21+,29-18-/t28-,30+,31-,32+,33+,38-,47-,50-,55-/m0/s1. The van der Waals surface area contributed by atoms with Crippen molar-refractivity contribution in [2.45, 2.75) is 93.0 Å². The molecule has 0 unspecified atom stereocenters. The second kappa shape index (κ2) is 21.3. The number of phenols is 1. The van der Waals surface area contributed by atoms with E-state index < -0.39 is 58.9 Å². The van der Waals surface area contributed by atoms with E-state index in [9.17, 15) is 24.6 Å². The number of rotatable bonds is 9. The summed E-state index contributed by atoms with van der Waals surface area (Å²) in [6, 6.07) is 12.8. The number of methoxy groups -OCH3 is 1. The van der Waals surface area contributed by atoms with Crippen molar-refractivity contribution in [1.82, 2.24) is 9.88 Å². The molecule has 2 aliphatic rings. The van der Waals surface area contributed by atoms with E-state index >= 15 is 4.79 Å². The van der Waals surface area contributed by atoms with E-state index in [1.807, 2.05) is 83.9 Å². The fourth-order valence-electron chi connectivity index (χ4n) is 9.34. The predicted molar refractivity (Wildman–Crippen MR) is 270 cm³/mol. The molecule has 0 radical (unpaired) electrons. The summed E-state index contributed by atoms with van der Waals surface area (Å²) < 4.78 is 43.6. The Kier molecular flexibility index (Phi) is 15.6. The number of fused-ring (bicyclic) bond motifs is 2. The molecule has 0 spiro atoms. The monoisotopic (exact) mass is 975 g/mol. The molecule has 0 saturated heterocycles. The molecule has 1 aromatic heterocycles. The molecule has 16 heteroatoms. The molecule has 1 amide bonds. The average molecular weight is 976 g/mol. The third-order valence-electron chi connectivity index (χ3n) is 14.0. The first-order valence-electron chi connectivity index (χ1n) is 23.9. The molecule has 5 aromatic rings. The molecule has 0 aliphatic carbocycles. The van der Waals surface area contributed by atoms with Crippen LogP contribution in [0.15, 0.2) is 87.8 Å². The molecule has 9 atom stereocenters. The van der Waals surface area contributed by atoms with Crippen LogP contribution in [0.4, 0.5) is 5.69 Å². The number of ketones is 1. The Labute approximate surface area is 413 Å². The number of nitrogens with zero attached hydrogens (tertiary/aromatic N) is 2. The Morgan fingerprint density at radius 1 is 0.930 bits per heavy atom. The van der Waals surface area contributed by atoms with Crippen LogP contribution in [0.25, 0.3) is 33.0 Å². The average Bonchev–Trinajstić information content (AvgIpc) is 3.60. The van der Waals surface area contributed by atoms with Gasteiger partial charge in [-0.05, 0) is 57.3 Å². The molecule has 378 valence electrons. The Bertz CT molecular complexity index is 3000. The zero-order valence-electron chi connectivity index (χ0n) is 42.4. The SMILES string of the molecule is CO[C@H]1/C=C/O[C@@]2(C)Oc3c(C)c(=O)c4c(O)c(c5oc6cc(OCCN(C)C)cc(OCc7ccccc7)c6nc5c4c3C2=O)NC(=O)/C(C)=C\C=C\[C@H](C)[C@H](O)[C@@H](C)[C@@H](C)[C@@H](C)[C@H](OC(C)=O)[C@@H]1C. The van der Waals surface area contributed by atoms with Gasteiger partial charge in [0.15, 0.2) is 28.1 Å². The minimum Gasteiger partial charge on any atom is -0.505 e. The van der Waals surface area contributed by atoms with E-state index in [-0.39, 0.29) is 97.1 Å². The van der Waals surface area contributed by atoms with Gasteiger partial charge in [-0.25, -0.2) is 4.98 Å². The maximum Gasteiger partial charge on any atom is 0.312 e. The van der Waals surface area contributed by atoms with Gasteiger partial charge in [-0.3, -0.25) is 19.2 Å². The number of hydrogen-bond donors (Lipinski definition) is 3. The molecule has 7 rings (SSSR count). The smallest absolute Gasteiger partial charge is 0.312 e. The molecule has 2 aliphatic heterocycles. The minimum absolute atomic E-state index is 0.0128. The van der Waals surface area contributed by atoms with Gasteiger partial charge in [-0.2, -0.15) is 0 Å². The van der Waals surface area contributed by atoms with Crippen molar-refractivity contribution in [1.29, 1.82) is 0 Å². The van der Waals surface area contributed by atoms with Crippen LogP contribution in [0.3, 0.4) is 0 Å². The van der Waals surface area contributed by atoms with E-state index in [2.05, 4.69) is 5.32 Å². The van der Waals surface area contributed by atoms with Crippen LogP contribution in [0.1, 0.15) is 76.9 Å². The van der Waals surface area contributed by atoms with Crippen LogP contribution < -0.4 is 25.0 Å². The highest BCUT2D eigenvalue weighted by molar-refractivity contribution is 6.26. The zero-order valence-corrected chi connectivity index (χ0v) is 42.4. The predicted octanol–water partition coefficient (Wildman–Crippen LogP) is 8.79. The number of carbonyl (C=O) groups is 3. The molecular weight excluding hydrogens is 911 g/mol. The van der Waals surface area contributed by atoms with Gasteiger partial charge in [0.1, 0.15) is 47.5 Å². The van der Waals surface area contributed by atoms with E-state index in [4.69, 9.17) is 37.8 Å². The first-order valence-corrected chi connectivity index (χ1v) is 23.9. The Hall–Kier alpha value is -6.75. The quantitative estimate of drug-likeness (QED) is 0.0546. The summed E-state index contributed by atoms with van der Waals surface area (Å²) in [6.45, 7) is 16.5. The number of aromatic nitrogens is 1. The molecule has 3 N–H and O–H groups in total. The number of likely N-dealkylation sites (N-methyl/N-ethyl adjacent to an activating group) is 1. The lowest BCUT2D eigenvalue weighted by molar-refractivity contribution is -0.157. The van der Waals surface area contributed by atoms with Crippen LogP contribution in [0.2, 0.25) is 0 Å². The third kappa shape index (κ3) is 10.5. The maximum atomic E-state index is 15.0. The molecular formula is C55H65N3O13. The van der Waals surface area contributed by atoms with E-state index in [1.54, 1.807) is 43.4 Å². The fraction of sp³-hybridized carbons (Fsp3) is 0.436. The Morgan fingerprint density at radius 2 is 1.65 bits per heavy atom. The Morgan fingerprint density at radius 3 is 2.32 bits per heavy atom. The number of amides is 1. The molecule has 71 heavy (non-hydrogen) atoms. The third-order valence-corrected chi connectivity index (χ3v) is 14.0. The van der Waals surface area contributed by atoms with Gasteiger partial charge in [0.05, 0.1) is 29.4 Å². The molecule has 0 saturated carbocycles. The second-order valence-corrected chi connectivity index (χ2v) is 19.3. The molecule has 16 nitrogen and oxygen atoms in total. The van der Waals surface area contributed by atoms with Gasteiger partial charge in [-0.1, -0.05) is 83.2 Å². The first kappa shape index (κ1) is 52.1. The summed E-state index contributed by atoms with van der Waals surface area (Å²) in [5.74, 6) is -5.57. The van der Waals surface area contributed by atoms with Gasteiger partial charge in [0.25, 0.3) is 11.7 Å². The number of allylic oxidation sites excluding steroid dienone is 2. The summed E-state index contributed by atoms with van der Waals surface area (Å²) in [5.41, 5.74) is 0.0282. The minimum atomic E-state index is -2.06. The van der Waals surface area contributed by atoms with Crippen molar-refractivity contribution in [3.8, 4) is 23.0 Å². The normalized spacial score (nSPS) is 27.0. The van der Waals surface area contributed by atoms with Crippen molar-refractivity contribution >= 4 is 56.3 Å². The van der Waals surface area contributed by atoms with Crippen molar-refractivity contribution < 1.29 is 57.4 Å².